The van der Waals surface area contributed by atoms with Crippen LogP contribution >= 0.6 is 0 Å². The molecule has 0 bridgehead atoms. The third kappa shape index (κ3) is 1.64. The standard InChI is InChI=1S/C8H13BN2/c1-8(2,3)7-10-6(9)5-11(7)4/h5H,1-4H3. The van der Waals surface area contributed by atoms with Crippen LogP contribution in [-0.4, -0.2) is 17.4 Å². The van der Waals surface area contributed by atoms with E-state index in [4.69, 9.17) is 7.85 Å². The Morgan fingerprint density at radius 2 is 2.00 bits per heavy atom. The van der Waals surface area contributed by atoms with Crippen LogP contribution in [-0.2, 0) is 12.5 Å². The summed E-state index contributed by atoms with van der Waals surface area (Å²) in [4.78, 5) is 4.22. The Morgan fingerprint density at radius 3 is 2.18 bits per heavy atom. The topological polar surface area (TPSA) is 17.8 Å². The summed E-state index contributed by atoms with van der Waals surface area (Å²) in [6, 6.07) is 0. The zero-order chi connectivity index (χ0) is 8.65. The van der Waals surface area contributed by atoms with E-state index in [9.17, 15) is 0 Å². The minimum Gasteiger partial charge on any atom is -0.338 e. The number of hydrogen-bond acceptors (Lipinski definition) is 1. The molecule has 1 aromatic heterocycles. The predicted molar refractivity (Wildman–Crippen MR) is 47.3 cm³/mol. The summed E-state index contributed by atoms with van der Waals surface area (Å²) in [7, 11) is 7.51. The maximum absolute atomic E-state index is 5.54. The SMILES string of the molecule is [B]c1cn(C)c(C(C)(C)C)n1. The maximum Gasteiger partial charge on any atom is 0.143 e. The van der Waals surface area contributed by atoms with Crippen molar-refractivity contribution in [2.45, 2.75) is 26.2 Å². The summed E-state index contributed by atoms with van der Waals surface area (Å²) in [5, 5.41) is 0. The molecule has 0 spiro atoms. The smallest absolute Gasteiger partial charge is 0.143 e. The van der Waals surface area contributed by atoms with Crippen molar-refractivity contribution in [1.82, 2.24) is 9.55 Å². The Kier molecular flexibility index (Phi) is 1.82. The summed E-state index contributed by atoms with van der Waals surface area (Å²) < 4.78 is 1.97. The molecule has 58 valence electrons. The molecular formula is C8H13BN2. The molecule has 0 saturated carbocycles. The molecule has 1 heterocycles. The Morgan fingerprint density at radius 1 is 1.45 bits per heavy atom. The van der Waals surface area contributed by atoms with Crippen molar-refractivity contribution in [1.29, 1.82) is 0 Å². The van der Waals surface area contributed by atoms with Crippen molar-refractivity contribution in [3.63, 3.8) is 0 Å². The Balaban J connectivity index is 3.13. The number of nitrogens with zero attached hydrogens (tertiary/aromatic N) is 2. The molecule has 11 heavy (non-hydrogen) atoms. The van der Waals surface area contributed by atoms with Gasteiger partial charge in [0.25, 0.3) is 0 Å². The zero-order valence-electron chi connectivity index (χ0n) is 7.55. The van der Waals surface area contributed by atoms with Gasteiger partial charge in [0.15, 0.2) is 0 Å². The van der Waals surface area contributed by atoms with E-state index in [0.717, 1.165) is 5.82 Å². The Labute approximate surface area is 69.0 Å². The fourth-order valence-electron chi connectivity index (χ4n) is 1.19. The lowest BCUT2D eigenvalue weighted by Gasteiger charge is -2.17. The molecule has 2 radical (unpaired) electrons. The molecule has 1 rings (SSSR count). The Hall–Kier alpha value is -0.725. The molecule has 1 aromatic rings. The van der Waals surface area contributed by atoms with Crippen molar-refractivity contribution in [2.75, 3.05) is 0 Å². The first-order valence-corrected chi connectivity index (χ1v) is 3.70. The van der Waals surface area contributed by atoms with E-state index in [-0.39, 0.29) is 5.41 Å². The lowest BCUT2D eigenvalue weighted by atomic mass is 9.96. The average molecular weight is 148 g/mol. The zero-order valence-corrected chi connectivity index (χ0v) is 7.55. The van der Waals surface area contributed by atoms with E-state index in [0.29, 0.717) is 5.59 Å². The van der Waals surface area contributed by atoms with E-state index in [1.165, 1.54) is 0 Å². The van der Waals surface area contributed by atoms with Gasteiger partial charge in [-0.05, 0) is 0 Å². The monoisotopic (exact) mass is 148 g/mol. The number of rotatable bonds is 0. The van der Waals surface area contributed by atoms with Gasteiger partial charge in [0.2, 0.25) is 0 Å². The lowest BCUT2D eigenvalue weighted by molar-refractivity contribution is 0.523. The van der Waals surface area contributed by atoms with Crippen molar-refractivity contribution in [2.24, 2.45) is 7.05 Å². The highest BCUT2D eigenvalue weighted by Crippen LogP contribution is 2.17. The van der Waals surface area contributed by atoms with Crippen molar-refractivity contribution < 1.29 is 0 Å². The van der Waals surface area contributed by atoms with E-state index in [1.807, 2.05) is 17.8 Å². The Bertz CT molecular complexity index is 258. The summed E-state index contributed by atoms with van der Waals surface area (Å²) >= 11 is 0. The van der Waals surface area contributed by atoms with Crippen LogP contribution in [0.4, 0.5) is 0 Å². The first-order valence-electron chi connectivity index (χ1n) is 3.70. The van der Waals surface area contributed by atoms with Gasteiger partial charge in [0, 0.05) is 24.3 Å². The largest absolute Gasteiger partial charge is 0.338 e. The quantitative estimate of drug-likeness (QED) is 0.490. The second-order valence-corrected chi connectivity index (χ2v) is 3.85. The first-order chi connectivity index (χ1) is 4.91. The van der Waals surface area contributed by atoms with Gasteiger partial charge in [-0.2, -0.15) is 0 Å². The second kappa shape index (κ2) is 2.40. The number of aryl methyl sites for hydroxylation is 1. The van der Waals surface area contributed by atoms with Gasteiger partial charge >= 0.3 is 0 Å². The highest BCUT2D eigenvalue weighted by atomic mass is 15.1. The lowest BCUT2D eigenvalue weighted by Crippen LogP contribution is -2.17. The molecule has 0 saturated heterocycles. The van der Waals surface area contributed by atoms with Crippen LogP contribution in [0.3, 0.4) is 0 Å². The fraction of sp³-hybridized carbons (Fsp3) is 0.625. The molecule has 3 heteroatoms. The number of hydrogen-bond donors (Lipinski definition) is 0. The van der Waals surface area contributed by atoms with Crippen molar-refractivity contribution >= 4 is 13.4 Å². The van der Waals surface area contributed by atoms with Gasteiger partial charge in [0.05, 0.1) is 0 Å². The average Bonchev–Trinajstić information content (AvgIpc) is 2.08. The van der Waals surface area contributed by atoms with Crippen LogP contribution in [0.5, 0.6) is 0 Å². The van der Waals surface area contributed by atoms with Crippen LogP contribution in [0.25, 0.3) is 0 Å². The van der Waals surface area contributed by atoms with E-state index in [2.05, 4.69) is 25.8 Å². The highest BCUT2D eigenvalue weighted by Gasteiger charge is 2.18. The van der Waals surface area contributed by atoms with Gasteiger partial charge < -0.3 is 4.57 Å². The molecule has 0 fully saturated rings. The normalized spacial score (nSPS) is 12.0. The molecule has 0 amide bonds. The summed E-state index contributed by atoms with van der Waals surface area (Å²) in [6.45, 7) is 6.36. The molecular weight excluding hydrogens is 135 g/mol. The van der Waals surface area contributed by atoms with Gasteiger partial charge in [-0.15, -0.1) is 0 Å². The summed E-state index contributed by atoms with van der Waals surface area (Å²) in [5.74, 6) is 1.02. The molecule has 0 atom stereocenters. The molecule has 2 nitrogen and oxygen atoms in total. The third-order valence-electron chi connectivity index (χ3n) is 1.57. The molecule has 0 aromatic carbocycles. The molecule has 0 aliphatic carbocycles. The number of aromatic nitrogens is 2. The second-order valence-electron chi connectivity index (χ2n) is 3.85. The van der Waals surface area contributed by atoms with Gasteiger partial charge in [-0.3, -0.25) is 0 Å². The van der Waals surface area contributed by atoms with Crippen LogP contribution in [0.2, 0.25) is 0 Å². The fourth-order valence-corrected chi connectivity index (χ4v) is 1.19. The van der Waals surface area contributed by atoms with E-state index < -0.39 is 0 Å². The molecule has 0 N–H and O–H groups in total. The maximum atomic E-state index is 5.54. The van der Waals surface area contributed by atoms with Gasteiger partial charge in [-0.25, -0.2) is 4.98 Å². The van der Waals surface area contributed by atoms with Gasteiger partial charge in [-0.1, -0.05) is 20.8 Å². The molecule has 0 aliphatic heterocycles. The highest BCUT2D eigenvalue weighted by molar-refractivity contribution is 6.30. The van der Waals surface area contributed by atoms with E-state index >= 15 is 0 Å². The summed E-state index contributed by atoms with van der Waals surface area (Å²) in [5.41, 5.74) is 0.671. The van der Waals surface area contributed by atoms with Crippen molar-refractivity contribution in [3.8, 4) is 0 Å². The van der Waals surface area contributed by atoms with Crippen LogP contribution in [0, 0.1) is 0 Å². The first kappa shape index (κ1) is 8.37. The minimum absolute atomic E-state index is 0.0758. The third-order valence-corrected chi connectivity index (χ3v) is 1.57. The molecule has 0 unspecified atom stereocenters. The van der Waals surface area contributed by atoms with Crippen molar-refractivity contribution in [3.05, 3.63) is 12.0 Å². The van der Waals surface area contributed by atoms with Crippen LogP contribution in [0.15, 0.2) is 6.20 Å². The number of imidazole rings is 1. The minimum atomic E-state index is 0.0758. The van der Waals surface area contributed by atoms with Crippen LogP contribution < -0.4 is 5.59 Å². The predicted octanol–water partition coefficient (Wildman–Crippen LogP) is 0.511. The van der Waals surface area contributed by atoms with Gasteiger partial charge in [0.1, 0.15) is 13.7 Å². The molecule has 0 aliphatic rings. The summed E-state index contributed by atoms with van der Waals surface area (Å²) in [6.07, 6.45) is 1.83. The van der Waals surface area contributed by atoms with Crippen LogP contribution in [0.1, 0.15) is 26.6 Å². The van der Waals surface area contributed by atoms with E-state index in [1.54, 1.807) is 0 Å².